The summed E-state index contributed by atoms with van der Waals surface area (Å²) in [6.45, 7) is 6.59. The van der Waals surface area contributed by atoms with E-state index >= 15 is 0 Å². The molecule has 2 heterocycles. The summed E-state index contributed by atoms with van der Waals surface area (Å²) >= 11 is 6.00. The van der Waals surface area contributed by atoms with Crippen LogP contribution >= 0.6 is 11.6 Å². The molecule has 140 valence electrons. The highest BCUT2D eigenvalue weighted by Crippen LogP contribution is 2.22. The Labute approximate surface area is 164 Å². The number of amides is 1. The van der Waals surface area contributed by atoms with E-state index in [9.17, 15) is 4.79 Å². The van der Waals surface area contributed by atoms with Crippen LogP contribution in [0.1, 0.15) is 41.2 Å². The SMILES string of the molecule is Cc1c(C(=O)NCc2cccnc2)c(CC(C)C)nn1-c1ccc(Cl)cc1. The predicted molar refractivity (Wildman–Crippen MR) is 107 cm³/mol. The highest BCUT2D eigenvalue weighted by molar-refractivity contribution is 6.30. The molecule has 6 heteroatoms. The standard InChI is InChI=1S/C21H23ClN4O/c1-14(2)11-19-20(21(27)24-13-16-5-4-10-23-12-16)15(3)26(25-19)18-8-6-17(22)7-9-18/h4-10,12,14H,11,13H2,1-3H3,(H,24,27). The lowest BCUT2D eigenvalue weighted by Crippen LogP contribution is -2.24. The summed E-state index contributed by atoms with van der Waals surface area (Å²) < 4.78 is 1.81. The molecule has 0 unspecified atom stereocenters. The van der Waals surface area contributed by atoms with Gasteiger partial charge in [0.25, 0.3) is 5.91 Å². The largest absolute Gasteiger partial charge is 0.348 e. The van der Waals surface area contributed by atoms with Crippen LogP contribution in [0.2, 0.25) is 5.02 Å². The molecular weight excluding hydrogens is 360 g/mol. The molecule has 0 fully saturated rings. The molecule has 1 aromatic carbocycles. The van der Waals surface area contributed by atoms with E-state index in [1.165, 1.54) is 0 Å². The lowest BCUT2D eigenvalue weighted by atomic mass is 10.0. The zero-order chi connectivity index (χ0) is 19.4. The highest BCUT2D eigenvalue weighted by Gasteiger charge is 2.22. The lowest BCUT2D eigenvalue weighted by molar-refractivity contribution is 0.0949. The van der Waals surface area contributed by atoms with Gasteiger partial charge >= 0.3 is 0 Å². The zero-order valence-corrected chi connectivity index (χ0v) is 16.5. The Bertz CT molecular complexity index is 917. The fourth-order valence-electron chi connectivity index (χ4n) is 2.99. The molecule has 3 aromatic rings. The first-order valence-electron chi connectivity index (χ1n) is 8.97. The highest BCUT2D eigenvalue weighted by atomic mass is 35.5. The normalized spacial score (nSPS) is 11.0. The first kappa shape index (κ1) is 19.1. The molecule has 0 aliphatic heterocycles. The molecule has 0 spiro atoms. The molecule has 0 aliphatic rings. The fourth-order valence-corrected chi connectivity index (χ4v) is 3.12. The molecule has 0 atom stereocenters. The summed E-state index contributed by atoms with van der Waals surface area (Å²) in [6, 6.07) is 11.2. The molecule has 2 aromatic heterocycles. The van der Waals surface area contributed by atoms with Crippen molar-refractivity contribution in [1.29, 1.82) is 0 Å². The molecule has 5 nitrogen and oxygen atoms in total. The summed E-state index contributed by atoms with van der Waals surface area (Å²) in [5.41, 5.74) is 4.10. The number of hydrogen-bond acceptors (Lipinski definition) is 3. The van der Waals surface area contributed by atoms with Gasteiger partial charge in [0.1, 0.15) is 0 Å². The molecule has 1 amide bonds. The number of rotatable bonds is 6. The van der Waals surface area contributed by atoms with E-state index < -0.39 is 0 Å². The Morgan fingerprint density at radius 3 is 2.59 bits per heavy atom. The maximum absolute atomic E-state index is 12.9. The Morgan fingerprint density at radius 2 is 1.96 bits per heavy atom. The minimum atomic E-state index is -0.118. The van der Waals surface area contributed by atoms with Crippen LogP contribution in [0.5, 0.6) is 0 Å². The van der Waals surface area contributed by atoms with Crippen LogP contribution in [-0.2, 0) is 13.0 Å². The lowest BCUT2D eigenvalue weighted by Gasteiger charge is -2.08. The van der Waals surface area contributed by atoms with Crippen LogP contribution in [0.15, 0.2) is 48.8 Å². The fraction of sp³-hybridized carbons (Fsp3) is 0.286. The summed E-state index contributed by atoms with van der Waals surface area (Å²) in [7, 11) is 0. The average Bonchev–Trinajstić information content (AvgIpc) is 2.96. The number of nitrogens with one attached hydrogen (secondary N) is 1. The topological polar surface area (TPSA) is 59.8 Å². The minimum Gasteiger partial charge on any atom is -0.348 e. The molecule has 3 rings (SSSR count). The first-order valence-corrected chi connectivity index (χ1v) is 9.35. The number of halogens is 1. The van der Waals surface area contributed by atoms with Gasteiger partial charge in [-0.2, -0.15) is 5.10 Å². The summed E-state index contributed by atoms with van der Waals surface area (Å²) in [4.78, 5) is 17.0. The number of aromatic nitrogens is 3. The second-order valence-electron chi connectivity index (χ2n) is 6.94. The van der Waals surface area contributed by atoms with Crippen LogP contribution in [0.4, 0.5) is 0 Å². The van der Waals surface area contributed by atoms with Crippen molar-refractivity contribution >= 4 is 17.5 Å². The van der Waals surface area contributed by atoms with Crippen molar-refractivity contribution in [1.82, 2.24) is 20.1 Å². The molecule has 27 heavy (non-hydrogen) atoms. The van der Waals surface area contributed by atoms with Crippen molar-refractivity contribution in [3.8, 4) is 5.69 Å². The van der Waals surface area contributed by atoms with Gasteiger partial charge in [0.2, 0.25) is 0 Å². The van der Waals surface area contributed by atoms with Gasteiger partial charge in [-0.1, -0.05) is 31.5 Å². The number of pyridine rings is 1. The monoisotopic (exact) mass is 382 g/mol. The summed E-state index contributed by atoms with van der Waals surface area (Å²) in [5, 5.41) is 8.38. The van der Waals surface area contributed by atoms with Crippen LogP contribution < -0.4 is 5.32 Å². The zero-order valence-electron chi connectivity index (χ0n) is 15.7. The van der Waals surface area contributed by atoms with Crippen LogP contribution in [-0.4, -0.2) is 20.7 Å². The van der Waals surface area contributed by atoms with E-state index in [1.807, 2.05) is 48.0 Å². The minimum absolute atomic E-state index is 0.118. The van der Waals surface area contributed by atoms with Gasteiger partial charge < -0.3 is 5.32 Å². The van der Waals surface area contributed by atoms with Gasteiger partial charge in [0.05, 0.1) is 22.6 Å². The predicted octanol–water partition coefficient (Wildman–Crippen LogP) is 4.36. The number of benzene rings is 1. The molecular formula is C21H23ClN4O. The van der Waals surface area contributed by atoms with Crippen LogP contribution in [0, 0.1) is 12.8 Å². The molecule has 0 bridgehead atoms. The molecule has 0 saturated carbocycles. The van der Waals surface area contributed by atoms with Crippen molar-refractivity contribution in [2.45, 2.75) is 33.7 Å². The van der Waals surface area contributed by atoms with E-state index in [1.54, 1.807) is 12.4 Å². The molecule has 1 N–H and O–H groups in total. The van der Waals surface area contributed by atoms with E-state index in [0.29, 0.717) is 23.0 Å². The summed E-state index contributed by atoms with van der Waals surface area (Å²) in [6.07, 6.45) is 4.20. The second-order valence-corrected chi connectivity index (χ2v) is 7.37. The third-order valence-electron chi connectivity index (χ3n) is 4.26. The first-order chi connectivity index (χ1) is 13.0. The maximum atomic E-state index is 12.9. The summed E-state index contributed by atoms with van der Waals surface area (Å²) in [5.74, 6) is 0.273. The van der Waals surface area contributed by atoms with Crippen molar-refractivity contribution in [3.05, 3.63) is 76.3 Å². The maximum Gasteiger partial charge on any atom is 0.255 e. The Balaban J connectivity index is 1.92. The van der Waals surface area contributed by atoms with E-state index in [2.05, 4.69) is 24.1 Å². The molecule has 0 radical (unpaired) electrons. The number of nitrogens with zero attached hydrogens (tertiary/aromatic N) is 3. The average molecular weight is 383 g/mol. The van der Waals surface area contributed by atoms with Crippen LogP contribution in [0.25, 0.3) is 5.69 Å². The Kier molecular flexibility index (Phi) is 5.91. The second kappa shape index (κ2) is 8.35. The Morgan fingerprint density at radius 1 is 1.22 bits per heavy atom. The Hall–Kier alpha value is -2.66. The number of hydrogen-bond donors (Lipinski definition) is 1. The molecule has 0 saturated heterocycles. The number of carbonyl (C=O) groups is 1. The van der Waals surface area contributed by atoms with Crippen molar-refractivity contribution in [2.24, 2.45) is 5.92 Å². The van der Waals surface area contributed by atoms with E-state index in [4.69, 9.17) is 16.7 Å². The molecule has 0 aliphatic carbocycles. The number of carbonyl (C=O) groups excluding carboxylic acids is 1. The van der Waals surface area contributed by atoms with Gasteiger partial charge in [-0.05, 0) is 55.2 Å². The van der Waals surface area contributed by atoms with Crippen molar-refractivity contribution < 1.29 is 4.79 Å². The smallest absolute Gasteiger partial charge is 0.255 e. The third-order valence-corrected chi connectivity index (χ3v) is 4.52. The van der Waals surface area contributed by atoms with E-state index in [0.717, 1.165) is 29.1 Å². The van der Waals surface area contributed by atoms with Gasteiger partial charge in [-0.25, -0.2) is 4.68 Å². The van der Waals surface area contributed by atoms with Gasteiger partial charge in [0.15, 0.2) is 0 Å². The van der Waals surface area contributed by atoms with Gasteiger partial charge in [0, 0.05) is 24.0 Å². The van der Waals surface area contributed by atoms with Gasteiger partial charge in [-0.15, -0.1) is 0 Å². The van der Waals surface area contributed by atoms with Crippen LogP contribution in [0.3, 0.4) is 0 Å². The quantitative estimate of drug-likeness (QED) is 0.689. The van der Waals surface area contributed by atoms with Crippen molar-refractivity contribution in [3.63, 3.8) is 0 Å². The van der Waals surface area contributed by atoms with Gasteiger partial charge in [-0.3, -0.25) is 9.78 Å². The van der Waals surface area contributed by atoms with Crippen molar-refractivity contribution in [2.75, 3.05) is 0 Å². The van der Waals surface area contributed by atoms with E-state index in [-0.39, 0.29) is 5.91 Å². The third kappa shape index (κ3) is 4.55.